The van der Waals surface area contributed by atoms with Gasteiger partial charge in [-0.05, 0) is 18.2 Å². The van der Waals surface area contributed by atoms with Gasteiger partial charge in [0.15, 0.2) is 0 Å². The molecule has 140 valence electrons. The van der Waals surface area contributed by atoms with Gasteiger partial charge in [-0.1, -0.05) is 6.07 Å². The lowest BCUT2D eigenvalue weighted by atomic mass is 10.2. The molecule has 1 heterocycles. The first-order valence-electron chi connectivity index (χ1n) is 7.31. The van der Waals surface area contributed by atoms with Crippen molar-refractivity contribution < 1.29 is 35.9 Å². The van der Waals surface area contributed by atoms with Gasteiger partial charge in [-0.3, -0.25) is 4.79 Å². The van der Waals surface area contributed by atoms with Gasteiger partial charge in [0.05, 0.1) is 30.8 Å². The first kappa shape index (κ1) is 19.6. The van der Waals surface area contributed by atoms with E-state index < -0.39 is 33.5 Å². The number of carbonyl (C=O) groups excluding carboxylic acids is 1. The second-order valence-corrected chi connectivity index (χ2v) is 7.01. The van der Waals surface area contributed by atoms with Crippen LogP contribution in [0.1, 0.15) is 10.4 Å². The van der Waals surface area contributed by atoms with Crippen LogP contribution in [0.3, 0.4) is 0 Å². The van der Waals surface area contributed by atoms with E-state index in [1.165, 1.54) is 16.9 Å². The smallest absolute Gasteiger partial charge is 0.376 e. The number of rotatable bonds is 6. The molecule has 0 unspecified atom stereocenters. The van der Waals surface area contributed by atoms with Gasteiger partial charge < -0.3 is 14.8 Å². The Morgan fingerprint density at radius 1 is 1.28 bits per heavy atom. The zero-order valence-electron chi connectivity index (χ0n) is 13.0. The second-order valence-electron chi connectivity index (χ2n) is 5.25. The van der Waals surface area contributed by atoms with Gasteiger partial charge in [0.1, 0.15) is 6.54 Å². The van der Waals surface area contributed by atoms with Crippen LogP contribution in [-0.2, 0) is 19.5 Å². The summed E-state index contributed by atoms with van der Waals surface area (Å²) in [7, 11) is -4.38. The summed E-state index contributed by atoms with van der Waals surface area (Å²) in [6.07, 6.45) is -4.98. The topological polar surface area (TPSA) is 93.7 Å². The Hall–Kier alpha value is -1.69. The molecule has 0 aliphatic carbocycles. The minimum Gasteiger partial charge on any atom is -0.376 e. The summed E-state index contributed by atoms with van der Waals surface area (Å²) in [5.74, 6) is -0.568. The van der Waals surface area contributed by atoms with Gasteiger partial charge in [-0.25, -0.2) is 13.1 Å². The normalized spacial score (nSPS) is 18.8. The van der Waals surface area contributed by atoms with E-state index in [9.17, 15) is 26.4 Å². The van der Waals surface area contributed by atoms with Gasteiger partial charge >= 0.3 is 6.18 Å². The van der Waals surface area contributed by atoms with Crippen LogP contribution in [0.4, 0.5) is 13.2 Å². The third-order valence-corrected chi connectivity index (χ3v) is 4.64. The van der Waals surface area contributed by atoms with Crippen molar-refractivity contribution in [2.75, 3.05) is 32.9 Å². The molecule has 1 aliphatic rings. The fourth-order valence-corrected chi connectivity index (χ4v) is 3.09. The molecule has 2 rings (SSSR count). The van der Waals surface area contributed by atoms with Crippen molar-refractivity contribution in [1.29, 1.82) is 0 Å². The Bertz CT molecular complexity index is 703. The van der Waals surface area contributed by atoms with Crippen molar-refractivity contribution in [1.82, 2.24) is 10.0 Å². The molecule has 25 heavy (non-hydrogen) atoms. The lowest BCUT2D eigenvalue weighted by molar-refractivity contribution is -0.121. The van der Waals surface area contributed by atoms with Crippen molar-refractivity contribution in [3.8, 4) is 0 Å². The highest BCUT2D eigenvalue weighted by Gasteiger charge is 2.30. The van der Waals surface area contributed by atoms with E-state index in [1.54, 1.807) is 0 Å². The second kappa shape index (κ2) is 8.13. The number of nitrogens with one attached hydrogen (secondary N) is 2. The molecule has 0 saturated carbocycles. The minimum atomic E-state index is -4.68. The monoisotopic (exact) mass is 382 g/mol. The number of carbonyl (C=O) groups is 1. The van der Waals surface area contributed by atoms with Gasteiger partial charge in [-0.2, -0.15) is 13.2 Å². The van der Waals surface area contributed by atoms with Crippen LogP contribution in [0.15, 0.2) is 29.2 Å². The SMILES string of the molecule is O=C(NC[C@@H]1COCCO1)c1cccc(S(=O)(=O)NCC(F)(F)F)c1. The molecule has 0 aromatic heterocycles. The molecule has 0 spiro atoms. The van der Waals surface area contributed by atoms with Gasteiger partial charge in [0, 0.05) is 12.1 Å². The van der Waals surface area contributed by atoms with Gasteiger partial charge in [-0.15, -0.1) is 0 Å². The molecule has 7 nitrogen and oxygen atoms in total. The van der Waals surface area contributed by atoms with Crippen LogP contribution < -0.4 is 10.0 Å². The number of ether oxygens (including phenoxy) is 2. The molecule has 1 amide bonds. The number of hydrogen-bond acceptors (Lipinski definition) is 5. The standard InChI is InChI=1S/C14H17F3N2O5S/c15-14(16,17)9-19-25(21,22)12-3-1-2-10(6-12)13(20)18-7-11-8-23-4-5-24-11/h1-3,6,11,19H,4-5,7-9H2,(H,18,20)/t11-/m1/s1. The third-order valence-electron chi connectivity index (χ3n) is 3.24. The van der Waals surface area contributed by atoms with Crippen molar-refractivity contribution in [2.24, 2.45) is 0 Å². The Morgan fingerprint density at radius 3 is 2.68 bits per heavy atom. The number of sulfonamides is 1. The quantitative estimate of drug-likeness (QED) is 0.755. The fourth-order valence-electron chi connectivity index (χ4n) is 2.03. The number of amides is 1. The van der Waals surface area contributed by atoms with Crippen LogP contribution in [0.25, 0.3) is 0 Å². The summed E-state index contributed by atoms with van der Waals surface area (Å²) in [6.45, 7) is -0.294. The largest absolute Gasteiger partial charge is 0.402 e. The maximum Gasteiger partial charge on any atom is 0.402 e. The highest BCUT2D eigenvalue weighted by molar-refractivity contribution is 7.89. The lowest BCUT2D eigenvalue weighted by Crippen LogP contribution is -2.39. The lowest BCUT2D eigenvalue weighted by Gasteiger charge is -2.23. The van der Waals surface area contributed by atoms with Crippen molar-refractivity contribution in [2.45, 2.75) is 17.2 Å². The molecule has 2 N–H and O–H groups in total. The van der Waals surface area contributed by atoms with E-state index in [-0.39, 0.29) is 18.2 Å². The number of benzene rings is 1. The predicted molar refractivity (Wildman–Crippen MR) is 80.6 cm³/mol. The predicted octanol–water partition coefficient (Wildman–Crippen LogP) is 0.672. The van der Waals surface area contributed by atoms with E-state index >= 15 is 0 Å². The molecule has 1 atom stereocenters. The van der Waals surface area contributed by atoms with Crippen LogP contribution >= 0.6 is 0 Å². The number of halogens is 3. The molecule has 0 bridgehead atoms. The van der Waals surface area contributed by atoms with E-state index in [1.807, 2.05) is 0 Å². The van der Waals surface area contributed by atoms with Crippen LogP contribution in [-0.4, -0.2) is 59.5 Å². The number of alkyl halides is 3. The van der Waals surface area contributed by atoms with Crippen molar-refractivity contribution in [3.05, 3.63) is 29.8 Å². The number of hydrogen-bond donors (Lipinski definition) is 2. The van der Waals surface area contributed by atoms with E-state index in [0.717, 1.165) is 12.1 Å². The van der Waals surface area contributed by atoms with Crippen molar-refractivity contribution in [3.63, 3.8) is 0 Å². The van der Waals surface area contributed by atoms with E-state index in [2.05, 4.69) is 5.32 Å². The van der Waals surface area contributed by atoms with Crippen LogP contribution in [0, 0.1) is 0 Å². The molecule has 1 fully saturated rings. The molecule has 1 aliphatic heterocycles. The highest BCUT2D eigenvalue weighted by atomic mass is 32.2. The first-order valence-corrected chi connectivity index (χ1v) is 8.80. The molecular formula is C14H17F3N2O5S. The average Bonchev–Trinajstić information content (AvgIpc) is 2.58. The molecule has 11 heteroatoms. The highest BCUT2D eigenvalue weighted by Crippen LogP contribution is 2.16. The maximum atomic E-state index is 12.2. The maximum absolute atomic E-state index is 12.2. The summed E-state index contributed by atoms with van der Waals surface area (Å²) in [5, 5.41) is 2.56. The van der Waals surface area contributed by atoms with Crippen molar-refractivity contribution >= 4 is 15.9 Å². The summed E-state index contributed by atoms with van der Waals surface area (Å²) in [6, 6.07) is 4.74. The van der Waals surface area contributed by atoms with Gasteiger partial charge in [0.25, 0.3) is 5.91 Å². The average molecular weight is 382 g/mol. The Labute approximate surface area is 142 Å². The molecule has 1 aromatic rings. The molecular weight excluding hydrogens is 365 g/mol. The summed E-state index contributed by atoms with van der Waals surface area (Å²) in [5.41, 5.74) is 0.00612. The van der Waals surface area contributed by atoms with Crippen LogP contribution in [0.5, 0.6) is 0 Å². The Balaban J connectivity index is 2.00. The Kier molecular flexibility index (Phi) is 6.38. The Morgan fingerprint density at radius 2 is 2.04 bits per heavy atom. The molecule has 1 saturated heterocycles. The zero-order chi connectivity index (χ0) is 18.5. The summed E-state index contributed by atoms with van der Waals surface area (Å²) in [4.78, 5) is 11.7. The van der Waals surface area contributed by atoms with Crippen LogP contribution in [0.2, 0.25) is 0 Å². The van der Waals surface area contributed by atoms with E-state index in [4.69, 9.17) is 9.47 Å². The van der Waals surface area contributed by atoms with Gasteiger partial charge in [0.2, 0.25) is 10.0 Å². The third kappa shape index (κ3) is 6.27. The molecule has 1 aromatic carbocycles. The molecule has 0 radical (unpaired) electrons. The summed E-state index contributed by atoms with van der Waals surface area (Å²) < 4.78 is 72.3. The summed E-state index contributed by atoms with van der Waals surface area (Å²) >= 11 is 0. The fraction of sp³-hybridized carbons (Fsp3) is 0.500. The van der Waals surface area contributed by atoms with E-state index in [0.29, 0.717) is 19.8 Å². The minimum absolute atomic E-state index is 0.00612. The zero-order valence-corrected chi connectivity index (χ0v) is 13.8. The first-order chi connectivity index (χ1) is 11.7.